The van der Waals surface area contributed by atoms with Crippen molar-refractivity contribution in [2.45, 2.75) is 13.3 Å². The topological polar surface area (TPSA) is 89.3 Å². The Labute approximate surface area is 125 Å². The Balaban J connectivity index is 2.61. The molecule has 0 aliphatic carbocycles. The fraction of sp³-hybridized carbons (Fsp3) is 0.400. The number of hydrogen-bond donors (Lipinski definition) is 2. The van der Waals surface area contributed by atoms with Crippen LogP contribution in [-0.2, 0) is 9.84 Å². The van der Waals surface area contributed by atoms with Crippen LogP contribution in [0.15, 0.2) is 18.2 Å². The van der Waals surface area contributed by atoms with Crippen LogP contribution >= 0.6 is 0 Å². The molecular formula is C15H20N2O3S. The van der Waals surface area contributed by atoms with E-state index < -0.39 is 9.84 Å². The van der Waals surface area contributed by atoms with Crippen LogP contribution in [0.2, 0.25) is 0 Å². The summed E-state index contributed by atoms with van der Waals surface area (Å²) < 4.78 is 22.0. The maximum absolute atomic E-state index is 11.9. The fourth-order valence-electron chi connectivity index (χ4n) is 1.73. The first-order valence-corrected chi connectivity index (χ1v) is 8.65. The number of nitrogens with two attached hydrogens (primary N) is 1. The van der Waals surface area contributed by atoms with Gasteiger partial charge in [-0.2, -0.15) is 0 Å². The van der Waals surface area contributed by atoms with Crippen molar-refractivity contribution in [2.75, 3.05) is 25.1 Å². The van der Waals surface area contributed by atoms with Gasteiger partial charge in [-0.05, 0) is 37.1 Å². The highest BCUT2D eigenvalue weighted by Gasteiger charge is 2.07. The second kappa shape index (κ2) is 7.81. The highest BCUT2D eigenvalue weighted by molar-refractivity contribution is 7.90. The molecule has 1 amide bonds. The smallest absolute Gasteiger partial charge is 0.251 e. The lowest BCUT2D eigenvalue weighted by atomic mass is 10.0. The van der Waals surface area contributed by atoms with Gasteiger partial charge in [-0.25, -0.2) is 8.42 Å². The average molecular weight is 308 g/mol. The quantitative estimate of drug-likeness (QED) is 0.611. The molecule has 0 radical (unpaired) electrons. The van der Waals surface area contributed by atoms with Crippen molar-refractivity contribution in [3.63, 3.8) is 0 Å². The lowest BCUT2D eigenvalue weighted by Crippen LogP contribution is -2.25. The molecule has 0 heterocycles. The summed E-state index contributed by atoms with van der Waals surface area (Å²) >= 11 is 0. The first-order valence-electron chi connectivity index (χ1n) is 6.59. The second-order valence-electron chi connectivity index (χ2n) is 4.77. The number of nitrogens with one attached hydrogen (secondary N) is 1. The predicted octanol–water partition coefficient (Wildman–Crippen LogP) is 0.470. The van der Waals surface area contributed by atoms with Crippen molar-refractivity contribution >= 4 is 15.7 Å². The van der Waals surface area contributed by atoms with Gasteiger partial charge in [0.25, 0.3) is 5.91 Å². The van der Waals surface area contributed by atoms with Crippen LogP contribution < -0.4 is 11.1 Å². The number of benzene rings is 1. The molecule has 0 aliphatic rings. The van der Waals surface area contributed by atoms with Crippen LogP contribution in [0.1, 0.15) is 27.9 Å². The van der Waals surface area contributed by atoms with Crippen molar-refractivity contribution in [2.24, 2.45) is 5.73 Å². The van der Waals surface area contributed by atoms with Gasteiger partial charge in [-0.1, -0.05) is 11.8 Å². The number of hydrogen-bond acceptors (Lipinski definition) is 4. The van der Waals surface area contributed by atoms with Gasteiger partial charge in [0.15, 0.2) is 0 Å². The van der Waals surface area contributed by atoms with Crippen molar-refractivity contribution in [3.05, 3.63) is 34.9 Å². The molecule has 1 aromatic carbocycles. The first-order chi connectivity index (χ1) is 9.83. The van der Waals surface area contributed by atoms with E-state index in [1.165, 1.54) is 6.26 Å². The number of sulfone groups is 1. The first kappa shape index (κ1) is 17.2. The van der Waals surface area contributed by atoms with E-state index >= 15 is 0 Å². The van der Waals surface area contributed by atoms with E-state index in [0.717, 1.165) is 11.1 Å². The van der Waals surface area contributed by atoms with Gasteiger partial charge in [0.05, 0.1) is 12.3 Å². The zero-order valence-electron chi connectivity index (χ0n) is 12.3. The lowest BCUT2D eigenvalue weighted by molar-refractivity contribution is 0.0953. The molecule has 0 saturated heterocycles. The Kier molecular flexibility index (Phi) is 6.40. The van der Waals surface area contributed by atoms with Crippen molar-refractivity contribution in [1.82, 2.24) is 5.32 Å². The fourth-order valence-corrected chi connectivity index (χ4v) is 2.40. The van der Waals surface area contributed by atoms with Crippen LogP contribution in [0.4, 0.5) is 0 Å². The molecule has 6 heteroatoms. The minimum absolute atomic E-state index is 0.0694. The molecule has 0 atom stereocenters. The number of carbonyl (C=O) groups is 1. The Morgan fingerprint density at radius 2 is 2.10 bits per heavy atom. The largest absolute Gasteiger partial charge is 0.352 e. The summed E-state index contributed by atoms with van der Waals surface area (Å²) in [7, 11) is -2.98. The molecule has 114 valence electrons. The van der Waals surface area contributed by atoms with E-state index in [9.17, 15) is 13.2 Å². The van der Waals surface area contributed by atoms with Gasteiger partial charge in [0.2, 0.25) is 0 Å². The molecule has 0 aromatic heterocycles. The third-order valence-electron chi connectivity index (χ3n) is 2.79. The van der Waals surface area contributed by atoms with Crippen LogP contribution in [0, 0.1) is 18.8 Å². The zero-order chi connectivity index (χ0) is 15.9. The van der Waals surface area contributed by atoms with Gasteiger partial charge in [0.1, 0.15) is 9.84 Å². The number of carbonyl (C=O) groups excluding carboxylic acids is 1. The summed E-state index contributed by atoms with van der Waals surface area (Å²) in [5.74, 6) is 5.56. The van der Waals surface area contributed by atoms with Crippen LogP contribution in [-0.4, -0.2) is 39.4 Å². The van der Waals surface area contributed by atoms with Gasteiger partial charge in [-0.15, -0.1) is 0 Å². The SMILES string of the molecule is Cc1cc(C(=O)NCCCS(C)(=O)=O)ccc1C#CCN. The van der Waals surface area contributed by atoms with Crippen molar-refractivity contribution in [3.8, 4) is 11.8 Å². The molecule has 0 saturated carbocycles. The maximum atomic E-state index is 11.9. The number of aryl methyl sites for hydroxylation is 1. The zero-order valence-corrected chi connectivity index (χ0v) is 13.1. The van der Waals surface area contributed by atoms with Crippen molar-refractivity contribution in [1.29, 1.82) is 0 Å². The average Bonchev–Trinajstić information content (AvgIpc) is 2.41. The maximum Gasteiger partial charge on any atom is 0.251 e. The van der Waals surface area contributed by atoms with E-state index in [0.29, 0.717) is 25.1 Å². The third-order valence-corrected chi connectivity index (χ3v) is 3.82. The highest BCUT2D eigenvalue weighted by atomic mass is 32.2. The molecule has 0 bridgehead atoms. The van der Waals surface area contributed by atoms with E-state index in [1.807, 2.05) is 6.92 Å². The van der Waals surface area contributed by atoms with Crippen LogP contribution in [0.25, 0.3) is 0 Å². The van der Waals surface area contributed by atoms with E-state index in [-0.39, 0.29) is 11.7 Å². The Morgan fingerprint density at radius 3 is 2.67 bits per heavy atom. The molecule has 0 aliphatic heterocycles. The molecule has 3 N–H and O–H groups in total. The molecule has 5 nitrogen and oxygen atoms in total. The summed E-state index contributed by atoms with van der Waals surface area (Å²) in [6.07, 6.45) is 1.59. The number of rotatable bonds is 5. The molecule has 21 heavy (non-hydrogen) atoms. The summed E-state index contributed by atoms with van der Waals surface area (Å²) in [6, 6.07) is 5.23. The third kappa shape index (κ3) is 6.43. The Morgan fingerprint density at radius 1 is 1.38 bits per heavy atom. The normalized spacial score (nSPS) is 10.6. The summed E-state index contributed by atoms with van der Waals surface area (Å²) in [4.78, 5) is 11.9. The Hall–Kier alpha value is -1.84. The predicted molar refractivity (Wildman–Crippen MR) is 83.8 cm³/mol. The molecule has 0 spiro atoms. The van der Waals surface area contributed by atoms with Gasteiger partial charge in [0, 0.05) is 23.9 Å². The van der Waals surface area contributed by atoms with Crippen LogP contribution in [0.5, 0.6) is 0 Å². The monoisotopic (exact) mass is 308 g/mol. The molecule has 1 rings (SSSR count). The number of amides is 1. The lowest BCUT2D eigenvalue weighted by Gasteiger charge is -2.06. The molecule has 0 fully saturated rings. The molecule has 1 aromatic rings. The summed E-state index contributed by atoms with van der Waals surface area (Å²) in [5, 5.41) is 2.70. The second-order valence-corrected chi connectivity index (χ2v) is 7.03. The van der Waals surface area contributed by atoms with E-state index in [1.54, 1.807) is 18.2 Å². The summed E-state index contributed by atoms with van der Waals surface area (Å²) in [5.41, 5.74) is 7.60. The summed E-state index contributed by atoms with van der Waals surface area (Å²) in [6.45, 7) is 2.50. The minimum atomic E-state index is -2.98. The van der Waals surface area contributed by atoms with Gasteiger partial charge >= 0.3 is 0 Å². The van der Waals surface area contributed by atoms with E-state index in [4.69, 9.17) is 5.73 Å². The highest BCUT2D eigenvalue weighted by Crippen LogP contribution is 2.10. The van der Waals surface area contributed by atoms with Crippen LogP contribution in [0.3, 0.4) is 0 Å². The van der Waals surface area contributed by atoms with Gasteiger partial charge in [-0.3, -0.25) is 4.79 Å². The van der Waals surface area contributed by atoms with Crippen molar-refractivity contribution < 1.29 is 13.2 Å². The molecular weight excluding hydrogens is 288 g/mol. The Bertz CT molecular complexity index is 670. The standard InChI is InChI=1S/C15H20N2O3S/c1-12-11-14(7-6-13(12)5-3-8-16)15(18)17-9-4-10-21(2,19)20/h6-7,11H,4,8-10,16H2,1-2H3,(H,17,18). The van der Waals surface area contributed by atoms with E-state index in [2.05, 4.69) is 17.2 Å². The van der Waals surface area contributed by atoms with Gasteiger partial charge < -0.3 is 11.1 Å². The minimum Gasteiger partial charge on any atom is -0.352 e. The molecule has 0 unspecified atom stereocenters.